The molecule has 1 rings (SSSR count). The SMILES string of the molecule is CC(C)C(SCC1CN(C)CCO1)C(=O)O. The standard InChI is InChI=1S/C11H21NO3S/c1-8(2)10(11(13)14)16-7-9-6-12(3)4-5-15-9/h8-10H,4-7H2,1-3H3,(H,13,14). The molecule has 16 heavy (non-hydrogen) atoms. The van der Waals surface area contributed by atoms with Crippen LogP contribution in [0, 0.1) is 5.92 Å². The largest absolute Gasteiger partial charge is 0.480 e. The molecule has 1 heterocycles. The molecule has 0 spiro atoms. The first-order valence-electron chi connectivity index (χ1n) is 5.65. The molecule has 0 aromatic heterocycles. The number of likely N-dealkylation sites (N-methyl/N-ethyl adjacent to an activating group) is 1. The zero-order valence-electron chi connectivity index (χ0n) is 10.2. The van der Waals surface area contributed by atoms with Crippen LogP contribution < -0.4 is 0 Å². The van der Waals surface area contributed by atoms with Gasteiger partial charge in [-0.1, -0.05) is 13.8 Å². The molecule has 1 aliphatic rings. The van der Waals surface area contributed by atoms with E-state index >= 15 is 0 Å². The van der Waals surface area contributed by atoms with E-state index < -0.39 is 5.97 Å². The molecule has 0 aromatic rings. The predicted octanol–water partition coefficient (Wildman–Crippen LogP) is 1.16. The zero-order chi connectivity index (χ0) is 12.1. The summed E-state index contributed by atoms with van der Waals surface area (Å²) in [4.78, 5) is 13.2. The van der Waals surface area contributed by atoms with E-state index in [1.807, 2.05) is 13.8 Å². The molecule has 0 radical (unpaired) electrons. The van der Waals surface area contributed by atoms with E-state index in [9.17, 15) is 4.79 Å². The Hall–Kier alpha value is -0.260. The van der Waals surface area contributed by atoms with Crippen molar-refractivity contribution in [3.8, 4) is 0 Å². The summed E-state index contributed by atoms with van der Waals surface area (Å²) in [5.41, 5.74) is 0. The van der Waals surface area contributed by atoms with Gasteiger partial charge in [0.2, 0.25) is 0 Å². The quantitative estimate of drug-likeness (QED) is 0.790. The van der Waals surface area contributed by atoms with Crippen LogP contribution in [0.5, 0.6) is 0 Å². The number of rotatable bonds is 5. The van der Waals surface area contributed by atoms with Crippen molar-refractivity contribution in [2.75, 3.05) is 32.5 Å². The fraction of sp³-hybridized carbons (Fsp3) is 0.909. The van der Waals surface area contributed by atoms with Crippen LogP contribution in [0.15, 0.2) is 0 Å². The fourth-order valence-electron chi connectivity index (χ4n) is 1.73. The van der Waals surface area contributed by atoms with Crippen LogP contribution in [0.4, 0.5) is 0 Å². The van der Waals surface area contributed by atoms with E-state index in [1.165, 1.54) is 11.8 Å². The lowest BCUT2D eigenvalue weighted by atomic mass is 10.1. The second-order valence-electron chi connectivity index (χ2n) is 4.59. The molecule has 0 saturated carbocycles. The molecule has 2 atom stereocenters. The lowest BCUT2D eigenvalue weighted by molar-refractivity contribution is -0.137. The summed E-state index contributed by atoms with van der Waals surface area (Å²) in [6.07, 6.45) is 0.171. The molecule has 1 saturated heterocycles. The van der Waals surface area contributed by atoms with Gasteiger partial charge in [-0.05, 0) is 13.0 Å². The Morgan fingerprint density at radius 2 is 2.31 bits per heavy atom. The van der Waals surface area contributed by atoms with Crippen LogP contribution in [0.1, 0.15) is 13.8 Å². The van der Waals surface area contributed by atoms with E-state index in [-0.39, 0.29) is 17.3 Å². The molecule has 4 nitrogen and oxygen atoms in total. The Bertz CT molecular complexity index is 235. The van der Waals surface area contributed by atoms with Gasteiger partial charge in [-0.15, -0.1) is 11.8 Å². The van der Waals surface area contributed by atoms with Crippen LogP contribution >= 0.6 is 11.8 Å². The fourth-order valence-corrected chi connectivity index (χ4v) is 2.88. The number of carboxylic acids is 1. The van der Waals surface area contributed by atoms with Gasteiger partial charge in [-0.25, -0.2) is 0 Å². The highest BCUT2D eigenvalue weighted by molar-refractivity contribution is 8.00. The molecule has 0 aromatic carbocycles. The Balaban J connectivity index is 2.34. The van der Waals surface area contributed by atoms with Gasteiger partial charge in [0, 0.05) is 18.8 Å². The lowest BCUT2D eigenvalue weighted by Gasteiger charge is -2.30. The molecule has 1 N–H and O–H groups in total. The van der Waals surface area contributed by atoms with Gasteiger partial charge >= 0.3 is 5.97 Å². The highest BCUT2D eigenvalue weighted by atomic mass is 32.2. The van der Waals surface area contributed by atoms with Gasteiger partial charge in [0.25, 0.3) is 0 Å². The zero-order valence-corrected chi connectivity index (χ0v) is 11.0. The average Bonchev–Trinajstić information content (AvgIpc) is 2.16. The van der Waals surface area contributed by atoms with Crippen LogP contribution in [-0.2, 0) is 9.53 Å². The summed E-state index contributed by atoms with van der Waals surface area (Å²) in [6, 6.07) is 0. The number of carbonyl (C=O) groups is 1. The van der Waals surface area contributed by atoms with Crippen molar-refractivity contribution in [2.45, 2.75) is 25.2 Å². The molecule has 94 valence electrons. The number of hydrogen-bond acceptors (Lipinski definition) is 4. The maximum atomic E-state index is 11.0. The molecule has 0 bridgehead atoms. The number of morpholine rings is 1. The monoisotopic (exact) mass is 247 g/mol. The maximum Gasteiger partial charge on any atom is 0.316 e. The Morgan fingerprint density at radius 1 is 1.62 bits per heavy atom. The number of ether oxygens (including phenoxy) is 1. The molecule has 5 heteroatoms. The number of aliphatic carboxylic acids is 1. The Kier molecular flexibility index (Phi) is 5.58. The molecular weight excluding hydrogens is 226 g/mol. The maximum absolute atomic E-state index is 11.0. The average molecular weight is 247 g/mol. The van der Waals surface area contributed by atoms with E-state index in [2.05, 4.69) is 11.9 Å². The molecular formula is C11H21NO3S. The van der Waals surface area contributed by atoms with Crippen molar-refractivity contribution in [1.82, 2.24) is 4.90 Å². The third-order valence-corrected chi connectivity index (χ3v) is 4.32. The molecule has 0 aliphatic carbocycles. The van der Waals surface area contributed by atoms with E-state index in [0.29, 0.717) is 0 Å². The summed E-state index contributed by atoms with van der Waals surface area (Å²) in [6.45, 7) is 6.51. The normalized spacial score (nSPS) is 24.6. The lowest BCUT2D eigenvalue weighted by Crippen LogP contribution is -2.41. The summed E-state index contributed by atoms with van der Waals surface area (Å²) in [7, 11) is 2.07. The highest BCUT2D eigenvalue weighted by Gasteiger charge is 2.25. The second-order valence-corrected chi connectivity index (χ2v) is 5.77. The van der Waals surface area contributed by atoms with Crippen molar-refractivity contribution in [1.29, 1.82) is 0 Å². The smallest absolute Gasteiger partial charge is 0.316 e. The first-order chi connectivity index (χ1) is 7.50. The van der Waals surface area contributed by atoms with Crippen molar-refractivity contribution in [2.24, 2.45) is 5.92 Å². The molecule has 2 unspecified atom stereocenters. The first-order valence-corrected chi connectivity index (χ1v) is 6.70. The van der Waals surface area contributed by atoms with Gasteiger partial charge < -0.3 is 14.7 Å². The van der Waals surface area contributed by atoms with Crippen LogP contribution in [0.3, 0.4) is 0 Å². The van der Waals surface area contributed by atoms with Gasteiger partial charge in [0.05, 0.1) is 12.7 Å². The first kappa shape index (κ1) is 13.8. The summed E-state index contributed by atoms with van der Waals surface area (Å²) < 4.78 is 5.60. The minimum atomic E-state index is -0.718. The summed E-state index contributed by atoms with van der Waals surface area (Å²) in [5, 5.41) is 8.73. The van der Waals surface area contributed by atoms with Crippen molar-refractivity contribution in [3.05, 3.63) is 0 Å². The highest BCUT2D eigenvalue weighted by Crippen LogP contribution is 2.22. The number of hydrogen-bond donors (Lipinski definition) is 1. The van der Waals surface area contributed by atoms with Crippen LogP contribution in [0.2, 0.25) is 0 Å². The number of thioether (sulfide) groups is 1. The minimum absolute atomic E-state index is 0.156. The van der Waals surface area contributed by atoms with Gasteiger partial charge in [0.15, 0.2) is 0 Å². The Labute approximate surface area is 101 Å². The van der Waals surface area contributed by atoms with Crippen molar-refractivity contribution in [3.63, 3.8) is 0 Å². The summed E-state index contributed by atoms with van der Waals surface area (Å²) in [5.74, 6) is 0.201. The van der Waals surface area contributed by atoms with Crippen molar-refractivity contribution >= 4 is 17.7 Å². The molecule has 1 aliphatic heterocycles. The molecule has 0 amide bonds. The third kappa shape index (κ3) is 4.31. The van der Waals surface area contributed by atoms with Crippen LogP contribution in [0.25, 0.3) is 0 Å². The van der Waals surface area contributed by atoms with Gasteiger partial charge in [0.1, 0.15) is 5.25 Å². The molecule has 1 fully saturated rings. The second kappa shape index (κ2) is 6.47. The van der Waals surface area contributed by atoms with Crippen LogP contribution in [-0.4, -0.2) is 59.8 Å². The third-order valence-electron chi connectivity index (χ3n) is 2.65. The predicted molar refractivity (Wildman–Crippen MR) is 66.0 cm³/mol. The van der Waals surface area contributed by atoms with Gasteiger partial charge in [-0.2, -0.15) is 0 Å². The van der Waals surface area contributed by atoms with Gasteiger partial charge in [-0.3, -0.25) is 4.79 Å². The van der Waals surface area contributed by atoms with Crippen molar-refractivity contribution < 1.29 is 14.6 Å². The van der Waals surface area contributed by atoms with E-state index in [4.69, 9.17) is 9.84 Å². The van der Waals surface area contributed by atoms with E-state index in [1.54, 1.807) is 0 Å². The Morgan fingerprint density at radius 3 is 2.81 bits per heavy atom. The van der Waals surface area contributed by atoms with E-state index in [0.717, 1.165) is 25.4 Å². The number of nitrogens with zero attached hydrogens (tertiary/aromatic N) is 1. The topological polar surface area (TPSA) is 49.8 Å². The minimum Gasteiger partial charge on any atom is -0.480 e. The number of carboxylic acid groups (broad SMARTS) is 1. The summed E-state index contributed by atoms with van der Waals surface area (Å²) >= 11 is 1.50.